The van der Waals surface area contributed by atoms with Crippen molar-refractivity contribution in [1.29, 1.82) is 0 Å². The van der Waals surface area contributed by atoms with E-state index in [0.717, 1.165) is 18.1 Å². The smallest absolute Gasteiger partial charge is 0.481 e. The molecular formula is C8H14O2S2Zn+2. The summed E-state index contributed by atoms with van der Waals surface area (Å²) in [5.74, 6) is 0.609. The van der Waals surface area contributed by atoms with Crippen molar-refractivity contribution in [3.8, 4) is 0 Å². The molecule has 1 atom stereocenters. The molecule has 0 aromatic rings. The summed E-state index contributed by atoms with van der Waals surface area (Å²) in [5, 5.41) is 9.19. The Kier molecular flexibility index (Phi) is 8.63. The van der Waals surface area contributed by atoms with Gasteiger partial charge in [-0.3, -0.25) is 4.79 Å². The molecule has 0 aromatic carbocycles. The number of aliphatic carboxylic acids is 1. The van der Waals surface area contributed by atoms with E-state index in [1.807, 2.05) is 21.6 Å². The van der Waals surface area contributed by atoms with Crippen LogP contribution in [0.25, 0.3) is 0 Å². The van der Waals surface area contributed by atoms with Gasteiger partial charge in [-0.2, -0.15) is 0 Å². The quantitative estimate of drug-likeness (QED) is 0.474. The monoisotopic (exact) mass is 270 g/mol. The second kappa shape index (κ2) is 8.13. The van der Waals surface area contributed by atoms with Gasteiger partial charge in [-0.25, -0.2) is 0 Å². The van der Waals surface area contributed by atoms with E-state index < -0.39 is 5.97 Å². The molecular weight excluding hydrogens is 258 g/mol. The summed E-state index contributed by atoms with van der Waals surface area (Å²) in [4.78, 5) is 10.2. The van der Waals surface area contributed by atoms with E-state index in [0.29, 0.717) is 6.42 Å². The molecule has 70 valence electrons. The van der Waals surface area contributed by atoms with Gasteiger partial charge in [0.15, 0.2) is 0 Å². The first-order valence-corrected chi connectivity index (χ1v) is 6.67. The zero-order valence-electron chi connectivity index (χ0n) is 7.70. The SMILES string of the molecule is O=C(O)CCCC[C@H]1CCSS1.[Zn+2]. The van der Waals surface area contributed by atoms with Crippen molar-refractivity contribution in [2.24, 2.45) is 0 Å². The molecule has 1 N–H and O–H groups in total. The molecule has 1 saturated heterocycles. The molecule has 1 rings (SSSR count). The minimum atomic E-state index is -0.663. The van der Waals surface area contributed by atoms with E-state index in [9.17, 15) is 4.79 Å². The number of carboxylic acids is 1. The average molecular weight is 272 g/mol. The third kappa shape index (κ3) is 6.81. The molecule has 1 aliphatic rings. The molecule has 0 spiro atoms. The minimum Gasteiger partial charge on any atom is -0.481 e. The summed E-state index contributed by atoms with van der Waals surface area (Å²) >= 11 is 0. The first-order valence-electron chi connectivity index (χ1n) is 4.29. The maximum Gasteiger partial charge on any atom is 2.00 e. The van der Waals surface area contributed by atoms with E-state index in [1.165, 1.54) is 18.6 Å². The van der Waals surface area contributed by atoms with Crippen molar-refractivity contribution in [2.75, 3.05) is 5.75 Å². The number of rotatable bonds is 5. The van der Waals surface area contributed by atoms with E-state index >= 15 is 0 Å². The van der Waals surface area contributed by atoms with Crippen LogP contribution in [0.1, 0.15) is 32.1 Å². The van der Waals surface area contributed by atoms with Gasteiger partial charge in [0.05, 0.1) is 0 Å². The predicted molar refractivity (Wildman–Crippen MR) is 54.6 cm³/mol. The number of hydrogen-bond acceptors (Lipinski definition) is 3. The van der Waals surface area contributed by atoms with Crippen molar-refractivity contribution in [3.63, 3.8) is 0 Å². The molecule has 0 aliphatic carbocycles. The second-order valence-electron chi connectivity index (χ2n) is 2.97. The van der Waals surface area contributed by atoms with Gasteiger partial charge >= 0.3 is 25.4 Å². The maximum atomic E-state index is 10.2. The van der Waals surface area contributed by atoms with Crippen LogP contribution >= 0.6 is 21.6 Å². The molecule has 13 heavy (non-hydrogen) atoms. The van der Waals surface area contributed by atoms with Crippen LogP contribution in [-0.4, -0.2) is 22.1 Å². The molecule has 5 heteroatoms. The molecule has 0 aromatic heterocycles. The fourth-order valence-corrected chi connectivity index (χ4v) is 4.24. The summed E-state index contributed by atoms with van der Waals surface area (Å²) in [6, 6.07) is 0. The van der Waals surface area contributed by atoms with Crippen LogP contribution in [-0.2, 0) is 24.3 Å². The molecule has 1 heterocycles. The van der Waals surface area contributed by atoms with Crippen molar-refractivity contribution in [2.45, 2.75) is 37.4 Å². The topological polar surface area (TPSA) is 37.3 Å². The van der Waals surface area contributed by atoms with Crippen LogP contribution in [0.5, 0.6) is 0 Å². The van der Waals surface area contributed by atoms with Gasteiger partial charge in [0, 0.05) is 17.4 Å². The van der Waals surface area contributed by atoms with Crippen LogP contribution in [0.3, 0.4) is 0 Å². The van der Waals surface area contributed by atoms with Gasteiger partial charge in [-0.1, -0.05) is 28.0 Å². The van der Waals surface area contributed by atoms with Gasteiger partial charge in [-0.15, -0.1) is 0 Å². The first-order chi connectivity index (χ1) is 5.79. The molecule has 1 aliphatic heterocycles. The molecule has 0 unspecified atom stereocenters. The van der Waals surface area contributed by atoms with Gasteiger partial charge in [-0.05, 0) is 19.3 Å². The summed E-state index contributed by atoms with van der Waals surface area (Å²) in [6.45, 7) is 0. The van der Waals surface area contributed by atoms with Crippen molar-refractivity contribution >= 4 is 27.6 Å². The van der Waals surface area contributed by atoms with Crippen LogP contribution in [0.15, 0.2) is 0 Å². The fraction of sp³-hybridized carbons (Fsp3) is 0.875. The van der Waals surface area contributed by atoms with Crippen LogP contribution in [0, 0.1) is 0 Å². The fourth-order valence-electron chi connectivity index (χ4n) is 1.21. The molecule has 1 fully saturated rings. The Morgan fingerprint density at radius 3 is 2.77 bits per heavy atom. The summed E-state index contributed by atoms with van der Waals surface area (Å²) < 4.78 is 0. The van der Waals surface area contributed by atoms with Crippen LogP contribution in [0.2, 0.25) is 0 Å². The normalized spacial score (nSPS) is 21.1. The number of carbonyl (C=O) groups is 1. The third-order valence-electron chi connectivity index (χ3n) is 1.89. The van der Waals surface area contributed by atoms with Crippen molar-refractivity contribution in [3.05, 3.63) is 0 Å². The zero-order chi connectivity index (χ0) is 8.81. The Labute approximate surface area is 99.8 Å². The largest absolute Gasteiger partial charge is 2.00 e. The minimum absolute atomic E-state index is 0. The molecule has 0 radical (unpaired) electrons. The Morgan fingerprint density at radius 1 is 1.46 bits per heavy atom. The van der Waals surface area contributed by atoms with Crippen molar-refractivity contribution < 1.29 is 29.4 Å². The Morgan fingerprint density at radius 2 is 2.23 bits per heavy atom. The summed E-state index contributed by atoms with van der Waals surface area (Å²) in [7, 11) is 3.92. The zero-order valence-corrected chi connectivity index (χ0v) is 12.3. The molecule has 0 saturated carbocycles. The van der Waals surface area contributed by atoms with Gasteiger partial charge in [0.25, 0.3) is 0 Å². The predicted octanol–water partition coefficient (Wildman–Crippen LogP) is 2.78. The van der Waals surface area contributed by atoms with Gasteiger partial charge < -0.3 is 5.11 Å². The first kappa shape index (κ1) is 13.8. The van der Waals surface area contributed by atoms with E-state index in [4.69, 9.17) is 5.11 Å². The van der Waals surface area contributed by atoms with E-state index in [-0.39, 0.29) is 19.5 Å². The molecule has 2 nitrogen and oxygen atoms in total. The number of hydrogen-bond donors (Lipinski definition) is 1. The van der Waals surface area contributed by atoms with Gasteiger partial charge in [0.1, 0.15) is 0 Å². The second-order valence-corrected chi connectivity index (χ2v) is 5.76. The standard InChI is InChI=1S/C8H14O2S2.Zn/c9-8(10)4-2-1-3-7-5-6-11-12-7;/h7H,1-6H2,(H,9,10);/q;+2/t7-;/m0./s1. The van der Waals surface area contributed by atoms with Crippen LogP contribution < -0.4 is 0 Å². The van der Waals surface area contributed by atoms with E-state index in [2.05, 4.69) is 0 Å². The maximum absolute atomic E-state index is 10.2. The average Bonchev–Trinajstić information content (AvgIpc) is 2.49. The van der Waals surface area contributed by atoms with Gasteiger partial charge in [0.2, 0.25) is 0 Å². The Hall–Kier alpha value is 0.793. The molecule has 0 bridgehead atoms. The third-order valence-corrected chi connectivity index (χ3v) is 4.90. The van der Waals surface area contributed by atoms with Crippen LogP contribution in [0.4, 0.5) is 0 Å². The number of unbranched alkanes of at least 4 members (excludes halogenated alkanes) is 1. The molecule has 0 amide bonds. The summed E-state index contributed by atoms with van der Waals surface area (Å²) in [5.41, 5.74) is 0. The Balaban J connectivity index is 0.00000144. The van der Waals surface area contributed by atoms with E-state index in [1.54, 1.807) is 0 Å². The summed E-state index contributed by atoms with van der Waals surface area (Å²) in [6.07, 6.45) is 4.76. The van der Waals surface area contributed by atoms with Crippen molar-refractivity contribution in [1.82, 2.24) is 0 Å². The number of carboxylic acid groups (broad SMARTS) is 1. The Bertz CT molecular complexity index is 149.